The molecule has 4 aromatic rings. The fourth-order valence-corrected chi connectivity index (χ4v) is 4.44. The SMILES string of the molecule is CC(C)(O)c1ncc(-c2cn3c4c(nc3cc2F)[C@H](O)C[C@@H]4c2c(F)cccc2OC(F)F)cn1. The van der Waals surface area contributed by atoms with Gasteiger partial charge in [-0.15, -0.1) is 0 Å². The summed E-state index contributed by atoms with van der Waals surface area (Å²) in [6.45, 7) is -0.135. The summed E-state index contributed by atoms with van der Waals surface area (Å²) in [6, 6.07) is 4.75. The molecular weight excluding hydrogens is 468 g/mol. The number of rotatable bonds is 5. The average molecular weight is 488 g/mol. The van der Waals surface area contributed by atoms with Crippen molar-refractivity contribution in [3.8, 4) is 16.9 Å². The molecule has 0 aliphatic heterocycles. The second-order valence-electron chi connectivity index (χ2n) is 8.83. The summed E-state index contributed by atoms with van der Waals surface area (Å²) in [6.07, 6.45) is 3.00. The Morgan fingerprint density at radius 3 is 2.51 bits per heavy atom. The van der Waals surface area contributed by atoms with Crippen LogP contribution < -0.4 is 4.74 Å². The molecule has 0 spiro atoms. The number of fused-ring (bicyclic) bond motifs is 3. The van der Waals surface area contributed by atoms with Crippen LogP contribution in [0, 0.1) is 11.6 Å². The fraction of sp³-hybridized carbons (Fsp3) is 0.292. The van der Waals surface area contributed by atoms with Crippen molar-refractivity contribution in [2.75, 3.05) is 0 Å². The molecule has 7 nitrogen and oxygen atoms in total. The third kappa shape index (κ3) is 4.00. The first-order chi connectivity index (χ1) is 16.5. The smallest absolute Gasteiger partial charge is 0.387 e. The molecule has 3 aromatic heterocycles. The summed E-state index contributed by atoms with van der Waals surface area (Å²) in [7, 11) is 0. The highest BCUT2D eigenvalue weighted by molar-refractivity contribution is 5.65. The number of aliphatic hydroxyl groups is 2. The van der Waals surface area contributed by atoms with Gasteiger partial charge in [0.1, 0.15) is 28.6 Å². The van der Waals surface area contributed by atoms with Gasteiger partial charge in [-0.25, -0.2) is 23.7 Å². The lowest BCUT2D eigenvalue weighted by molar-refractivity contribution is -0.0508. The normalized spacial score (nSPS) is 17.9. The van der Waals surface area contributed by atoms with Crippen molar-refractivity contribution in [1.29, 1.82) is 0 Å². The van der Waals surface area contributed by atoms with Crippen LogP contribution in [0.1, 0.15) is 55.1 Å². The highest BCUT2D eigenvalue weighted by atomic mass is 19.3. The summed E-state index contributed by atoms with van der Waals surface area (Å²) in [5, 5.41) is 20.7. The van der Waals surface area contributed by atoms with Crippen molar-refractivity contribution in [2.45, 2.75) is 44.5 Å². The number of halogens is 4. The van der Waals surface area contributed by atoms with E-state index in [9.17, 15) is 23.4 Å². The van der Waals surface area contributed by atoms with E-state index in [0.29, 0.717) is 11.3 Å². The zero-order valence-corrected chi connectivity index (χ0v) is 18.6. The van der Waals surface area contributed by atoms with E-state index in [4.69, 9.17) is 0 Å². The maximum atomic E-state index is 15.0. The number of alkyl halides is 2. The third-order valence-electron chi connectivity index (χ3n) is 5.97. The van der Waals surface area contributed by atoms with E-state index < -0.39 is 35.9 Å². The van der Waals surface area contributed by atoms with Gasteiger partial charge in [-0.1, -0.05) is 6.07 Å². The molecule has 0 unspecified atom stereocenters. The van der Waals surface area contributed by atoms with Gasteiger partial charge in [0.15, 0.2) is 5.82 Å². The predicted octanol–water partition coefficient (Wildman–Crippen LogP) is 4.47. The van der Waals surface area contributed by atoms with Gasteiger partial charge in [0.25, 0.3) is 0 Å². The predicted molar refractivity (Wildman–Crippen MR) is 116 cm³/mol. The van der Waals surface area contributed by atoms with Crippen molar-refractivity contribution < 1.29 is 32.5 Å². The van der Waals surface area contributed by atoms with Gasteiger partial charge < -0.3 is 19.4 Å². The van der Waals surface area contributed by atoms with Crippen LogP contribution >= 0.6 is 0 Å². The van der Waals surface area contributed by atoms with Crippen LogP contribution in [0.15, 0.2) is 42.9 Å². The topological polar surface area (TPSA) is 92.8 Å². The van der Waals surface area contributed by atoms with E-state index in [0.717, 1.165) is 12.1 Å². The maximum absolute atomic E-state index is 15.0. The molecular formula is C24H20F4N4O3. The first kappa shape index (κ1) is 23.2. The summed E-state index contributed by atoms with van der Waals surface area (Å²) in [5.41, 5.74) is -0.329. The zero-order valence-electron chi connectivity index (χ0n) is 18.6. The Labute approximate surface area is 196 Å². The van der Waals surface area contributed by atoms with Crippen molar-refractivity contribution in [2.24, 2.45) is 0 Å². The molecule has 2 atom stereocenters. The Morgan fingerprint density at radius 1 is 1.14 bits per heavy atom. The van der Waals surface area contributed by atoms with Crippen molar-refractivity contribution in [3.63, 3.8) is 0 Å². The van der Waals surface area contributed by atoms with E-state index >= 15 is 4.39 Å². The molecule has 0 bridgehead atoms. The molecule has 35 heavy (non-hydrogen) atoms. The van der Waals surface area contributed by atoms with Gasteiger partial charge in [-0.3, -0.25) is 0 Å². The van der Waals surface area contributed by atoms with Crippen LogP contribution in [0.2, 0.25) is 0 Å². The Morgan fingerprint density at radius 2 is 1.86 bits per heavy atom. The lowest BCUT2D eigenvalue weighted by Crippen LogP contribution is -2.19. The number of imidazole rings is 1. The molecule has 0 fully saturated rings. The Bertz CT molecular complexity index is 1420. The first-order valence-electron chi connectivity index (χ1n) is 10.7. The standard InChI is InChI=1S/C24H20F4N4O3/c1-24(2,34)22-29-8-11(9-30-22)13-10-32-18(7-15(13)26)31-20-16(33)6-12(21(20)32)19-14(25)4-3-5-17(19)35-23(27)28/h3-5,7-10,12,16,23,33-34H,6H2,1-2H3/t12-,16-/m1/s1. The second-order valence-corrected chi connectivity index (χ2v) is 8.83. The second kappa shape index (κ2) is 8.28. The molecule has 1 aliphatic carbocycles. The molecule has 0 radical (unpaired) electrons. The summed E-state index contributed by atoms with van der Waals surface area (Å²) in [5.74, 6) is -2.49. The van der Waals surface area contributed by atoms with Gasteiger partial charge in [-0.2, -0.15) is 8.78 Å². The van der Waals surface area contributed by atoms with Crippen molar-refractivity contribution in [1.82, 2.24) is 19.4 Å². The Kier molecular flexibility index (Phi) is 5.48. The number of aliphatic hydroxyl groups excluding tert-OH is 1. The average Bonchev–Trinajstić information content (AvgIpc) is 3.29. The Balaban J connectivity index is 1.66. The van der Waals surface area contributed by atoms with Crippen molar-refractivity contribution in [3.05, 3.63) is 77.3 Å². The number of hydrogen-bond acceptors (Lipinski definition) is 6. The number of hydrogen-bond donors (Lipinski definition) is 2. The van der Waals surface area contributed by atoms with Crippen LogP contribution in [0.3, 0.4) is 0 Å². The molecule has 0 amide bonds. The van der Waals surface area contributed by atoms with Crippen LogP contribution in [0.5, 0.6) is 5.75 Å². The third-order valence-corrected chi connectivity index (χ3v) is 5.97. The van der Waals surface area contributed by atoms with Gasteiger partial charge in [0.05, 0.1) is 17.5 Å². The van der Waals surface area contributed by atoms with E-state index in [-0.39, 0.29) is 40.5 Å². The van der Waals surface area contributed by atoms with Crippen LogP contribution in [-0.2, 0) is 5.60 Å². The highest BCUT2D eigenvalue weighted by Crippen LogP contribution is 2.48. The molecule has 0 saturated carbocycles. The monoisotopic (exact) mass is 488 g/mol. The number of pyridine rings is 1. The lowest BCUT2D eigenvalue weighted by atomic mass is 9.94. The maximum Gasteiger partial charge on any atom is 0.387 e. The van der Waals surface area contributed by atoms with E-state index in [1.54, 1.807) is 0 Å². The molecule has 182 valence electrons. The van der Waals surface area contributed by atoms with Crippen molar-refractivity contribution >= 4 is 5.65 Å². The van der Waals surface area contributed by atoms with Crippen LogP contribution in [-0.4, -0.2) is 36.2 Å². The van der Waals surface area contributed by atoms with E-state index in [2.05, 4.69) is 19.7 Å². The minimum atomic E-state index is -3.17. The molecule has 0 saturated heterocycles. The fourth-order valence-electron chi connectivity index (χ4n) is 4.44. The number of nitrogens with zero attached hydrogens (tertiary/aromatic N) is 4. The van der Waals surface area contributed by atoms with Gasteiger partial charge in [-0.05, 0) is 32.4 Å². The van der Waals surface area contributed by atoms with Crippen LogP contribution in [0.4, 0.5) is 17.6 Å². The van der Waals surface area contributed by atoms with Crippen LogP contribution in [0.25, 0.3) is 16.8 Å². The van der Waals surface area contributed by atoms with Gasteiger partial charge >= 0.3 is 6.61 Å². The number of aromatic nitrogens is 4. The number of ether oxygens (including phenoxy) is 1. The zero-order chi connectivity index (χ0) is 25.1. The molecule has 2 N–H and O–H groups in total. The summed E-state index contributed by atoms with van der Waals surface area (Å²) >= 11 is 0. The summed E-state index contributed by atoms with van der Waals surface area (Å²) in [4.78, 5) is 12.5. The minimum Gasteiger partial charge on any atom is -0.434 e. The molecule has 1 aliphatic rings. The largest absolute Gasteiger partial charge is 0.434 e. The molecule has 5 rings (SSSR count). The molecule has 1 aromatic carbocycles. The van der Waals surface area contributed by atoms with E-state index in [1.165, 1.54) is 49.0 Å². The Hall–Kier alpha value is -3.57. The minimum absolute atomic E-state index is 0.0166. The quantitative estimate of drug-likeness (QED) is 0.403. The number of benzene rings is 1. The molecule has 3 heterocycles. The van der Waals surface area contributed by atoms with Gasteiger partial charge in [0.2, 0.25) is 0 Å². The highest BCUT2D eigenvalue weighted by Gasteiger charge is 2.39. The van der Waals surface area contributed by atoms with Gasteiger partial charge in [0, 0.05) is 47.3 Å². The summed E-state index contributed by atoms with van der Waals surface area (Å²) < 4.78 is 61.9. The first-order valence-corrected chi connectivity index (χ1v) is 10.7. The molecule has 11 heteroatoms. The lowest BCUT2D eigenvalue weighted by Gasteiger charge is -2.18. The van der Waals surface area contributed by atoms with E-state index in [1.807, 2.05) is 0 Å².